The first-order chi connectivity index (χ1) is 5.74. The second-order valence-corrected chi connectivity index (χ2v) is 3.64. The van der Waals surface area contributed by atoms with Crippen molar-refractivity contribution < 1.29 is 14.3 Å². The van der Waals surface area contributed by atoms with Gasteiger partial charge in [0.1, 0.15) is 5.78 Å². The van der Waals surface area contributed by atoms with Crippen LogP contribution >= 0.6 is 0 Å². The van der Waals surface area contributed by atoms with Crippen LogP contribution in [0.4, 0.5) is 0 Å². The number of rotatable bonds is 2. The molecule has 0 aromatic rings. The molecule has 0 spiro atoms. The number of fused-ring (bicyclic) bond motifs is 1. The molecule has 66 valence electrons. The summed E-state index contributed by atoms with van der Waals surface area (Å²) in [5.41, 5.74) is 0. The van der Waals surface area contributed by atoms with Crippen LogP contribution in [0.1, 0.15) is 19.3 Å². The minimum atomic E-state index is -0.179. The fourth-order valence-electron chi connectivity index (χ4n) is 2.35. The minimum Gasteiger partial charge on any atom is -0.469 e. The Morgan fingerprint density at radius 1 is 1.67 bits per heavy atom. The van der Waals surface area contributed by atoms with Crippen LogP contribution in [-0.2, 0) is 14.3 Å². The molecule has 12 heavy (non-hydrogen) atoms. The standard InChI is InChI=1S/C9H12O3/c1-12-8(11)4-6-5-2-3-7(10)9(5)6/h5-6,9H,2-4H2,1H3/t5-,6-,9-/m0/s1. The summed E-state index contributed by atoms with van der Waals surface area (Å²) in [6.07, 6.45) is 2.16. The maximum atomic E-state index is 11.1. The highest BCUT2D eigenvalue weighted by Crippen LogP contribution is 2.57. The molecule has 0 bridgehead atoms. The Labute approximate surface area is 71.1 Å². The molecule has 0 unspecified atom stereocenters. The van der Waals surface area contributed by atoms with E-state index < -0.39 is 0 Å². The number of hydrogen-bond acceptors (Lipinski definition) is 3. The first-order valence-electron chi connectivity index (χ1n) is 4.33. The average molecular weight is 168 g/mol. The molecule has 2 aliphatic carbocycles. The Morgan fingerprint density at radius 3 is 2.92 bits per heavy atom. The normalized spacial score (nSPS) is 37.8. The molecule has 0 saturated heterocycles. The van der Waals surface area contributed by atoms with E-state index in [1.807, 2.05) is 0 Å². The lowest BCUT2D eigenvalue weighted by molar-refractivity contribution is -0.141. The topological polar surface area (TPSA) is 43.4 Å². The summed E-state index contributed by atoms with van der Waals surface area (Å²) in [5, 5.41) is 0. The lowest BCUT2D eigenvalue weighted by atomic mass is 10.1. The van der Waals surface area contributed by atoms with Crippen molar-refractivity contribution in [1.82, 2.24) is 0 Å². The van der Waals surface area contributed by atoms with Crippen LogP contribution in [0.5, 0.6) is 0 Å². The molecule has 2 saturated carbocycles. The van der Waals surface area contributed by atoms with E-state index in [-0.39, 0.29) is 11.9 Å². The summed E-state index contributed by atoms with van der Waals surface area (Å²) in [6.45, 7) is 0. The maximum absolute atomic E-state index is 11.1. The fourth-order valence-corrected chi connectivity index (χ4v) is 2.35. The molecule has 2 aliphatic rings. The number of ketones is 1. The van der Waals surface area contributed by atoms with Crippen molar-refractivity contribution in [2.45, 2.75) is 19.3 Å². The fraction of sp³-hybridized carbons (Fsp3) is 0.778. The van der Waals surface area contributed by atoms with Crippen LogP contribution < -0.4 is 0 Å². The SMILES string of the molecule is COC(=O)C[C@H]1[C@@H]2CCC(=O)[C@@H]21. The van der Waals surface area contributed by atoms with Crippen LogP contribution in [0.15, 0.2) is 0 Å². The van der Waals surface area contributed by atoms with Crippen molar-refractivity contribution in [3.05, 3.63) is 0 Å². The smallest absolute Gasteiger partial charge is 0.305 e. The number of carbonyl (C=O) groups excluding carboxylic acids is 2. The molecule has 2 fully saturated rings. The first kappa shape index (κ1) is 7.77. The molecule has 0 N–H and O–H groups in total. The lowest BCUT2D eigenvalue weighted by Crippen LogP contribution is -2.06. The van der Waals surface area contributed by atoms with Crippen LogP contribution in [0, 0.1) is 17.8 Å². The van der Waals surface area contributed by atoms with Gasteiger partial charge in [0.05, 0.1) is 7.11 Å². The number of hydrogen-bond donors (Lipinski definition) is 0. The maximum Gasteiger partial charge on any atom is 0.305 e. The van der Waals surface area contributed by atoms with E-state index in [2.05, 4.69) is 4.74 Å². The van der Waals surface area contributed by atoms with E-state index in [0.717, 1.165) is 12.8 Å². The number of carbonyl (C=O) groups is 2. The highest BCUT2D eigenvalue weighted by molar-refractivity contribution is 5.88. The summed E-state index contributed by atoms with van der Waals surface area (Å²) in [4.78, 5) is 22.0. The van der Waals surface area contributed by atoms with Gasteiger partial charge in [0, 0.05) is 18.8 Å². The van der Waals surface area contributed by atoms with Gasteiger partial charge < -0.3 is 4.74 Å². The van der Waals surface area contributed by atoms with Crippen molar-refractivity contribution in [3.63, 3.8) is 0 Å². The summed E-state index contributed by atoms with van der Waals surface area (Å²) < 4.78 is 4.55. The Kier molecular flexibility index (Phi) is 1.67. The van der Waals surface area contributed by atoms with Crippen LogP contribution in [-0.4, -0.2) is 18.9 Å². The van der Waals surface area contributed by atoms with Gasteiger partial charge in [-0.25, -0.2) is 0 Å². The van der Waals surface area contributed by atoms with E-state index in [9.17, 15) is 9.59 Å². The van der Waals surface area contributed by atoms with Crippen molar-refractivity contribution in [3.8, 4) is 0 Å². The molecular formula is C9H12O3. The third-order valence-corrected chi connectivity index (χ3v) is 3.06. The second kappa shape index (κ2) is 2.57. The predicted octanol–water partition coefficient (Wildman–Crippen LogP) is 0.775. The van der Waals surface area contributed by atoms with Gasteiger partial charge in [0.2, 0.25) is 0 Å². The van der Waals surface area contributed by atoms with E-state index in [1.165, 1.54) is 7.11 Å². The predicted molar refractivity (Wildman–Crippen MR) is 41.3 cm³/mol. The van der Waals surface area contributed by atoms with E-state index in [0.29, 0.717) is 24.0 Å². The largest absolute Gasteiger partial charge is 0.469 e. The van der Waals surface area contributed by atoms with Gasteiger partial charge in [-0.3, -0.25) is 9.59 Å². The zero-order valence-corrected chi connectivity index (χ0v) is 7.08. The quantitative estimate of drug-likeness (QED) is 0.572. The molecular weight excluding hydrogens is 156 g/mol. The molecule has 3 atom stereocenters. The summed E-state index contributed by atoms with van der Waals surface area (Å²) >= 11 is 0. The Balaban J connectivity index is 1.88. The molecule has 0 aliphatic heterocycles. The Morgan fingerprint density at radius 2 is 2.42 bits per heavy atom. The van der Waals surface area contributed by atoms with Crippen LogP contribution in [0.2, 0.25) is 0 Å². The molecule has 3 nitrogen and oxygen atoms in total. The number of Topliss-reactive ketones (excluding diaryl/α,β-unsaturated/α-hetero) is 1. The molecule has 3 heteroatoms. The van der Waals surface area contributed by atoms with Gasteiger partial charge in [0.25, 0.3) is 0 Å². The van der Waals surface area contributed by atoms with E-state index >= 15 is 0 Å². The zero-order chi connectivity index (χ0) is 8.72. The number of esters is 1. The van der Waals surface area contributed by atoms with Crippen LogP contribution in [0.3, 0.4) is 0 Å². The molecule has 0 amide bonds. The van der Waals surface area contributed by atoms with Crippen molar-refractivity contribution in [2.24, 2.45) is 17.8 Å². The highest BCUT2D eigenvalue weighted by Gasteiger charge is 2.58. The summed E-state index contributed by atoms with van der Waals surface area (Å²) in [5.74, 6) is 1.22. The van der Waals surface area contributed by atoms with Gasteiger partial charge in [-0.2, -0.15) is 0 Å². The first-order valence-corrected chi connectivity index (χ1v) is 4.33. The third-order valence-electron chi connectivity index (χ3n) is 3.06. The number of methoxy groups -OCH3 is 1. The monoisotopic (exact) mass is 168 g/mol. The minimum absolute atomic E-state index is 0.179. The lowest BCUT2D eigenvalue weighted by Gasteiger charge is -1.99. The van der Waals surface area contributed by atoms with Gasteiger partial charge in [-0.15, -0.1) is 0 Å². The second-order valence-electron chi connectivity index (χ2n) is 3.64. The molecule has 0 radical (unpaired) electrons. The van der Waals surface area contributed by atoms with Gasteiger partial charge >= 0.3 is 5.97 Å². The zero-order valence-electron chi connectivity index (χ0n) is 7.08. The average Bonchev–Trinajstić information content (AvgIpc) is 2.59. The summed E-state index contributed by atoms with van der Waals surface area (Å²) in [7, 11) is 1.39. The van der Waals surface area contributed by atoms with Gasteiger partial charge in [-0.05, 0) is 18.3 Å². The van der Waals surface area contributed by atoms with Crippen molar-refractivity contribution in [1.29, 1.82) is 0 Å². The Bertz CT molecular complexity index is 234. The van der Waals surface area contributed by atoms with Gasteiger partial charge in [-0.1, -0.05) is 0 Å². The highest BCUT2D eigenvalue weighted by atomic mass is 16.5. The molecule has 0 aromatic carbocycles. The van der Waals surface area contributed by atoms with E-state index in [4.69, 9.17) is 0 Å². The molecule has 0 aromatic heterocycles. The third kappa shape index (κ3) is 1.04. The number of ether oxygens (including phenoxy) is 1. The van der Waals surface area contributed by atoms with Crippen molar-refractivity contribution in [2.75, 3.05) is 7.11 Å². The van der Waals surface area contributed by atoms with Crippen molar-refractivity contribution >= 4 is 11.8 Å². The van der Waals surface area contributed by atoms with E-state index in [1.54, 1.807) is 0 Å². The molecule has 2 rings (SSSR count). The van der Waals surface area contributed by atoms with Gasteiger partial charge in [0.15, 0.2) is 0 Å². The van der Waals surface area contributed by atoms with Crippen LogP contribution in [0.25, 0.3) is 0 Å². The molecule has 0 heterocycles. The summed E-state index contributed by atoms with van der Waals surface area (Å²) in [6, 6.07) is 0. The Hall–Kier alpha value is -0.860.